The van der Waals surface area contributed by atoms with Crippen LogP contribution in [0.1, 0.15) is 45.4 Å². The average Bonchev–Trinajstić information content (AvgIpc) is 2.97. The van der Waals surface area contributed by atoms with E-state index in [0.29, 0.717) is 18.4 Å². The summed E-state index contributed by atoms with van der Waals surface area (Å²) in [6.07, 6.45) is 10.2. The highest BCUT2D eigenvalue weighted by molar-refractivity contribution is 5.37. The Hall–Kier alpha value is -1.36. The average molecular weight is 278 g/mol. The maximum Gasteiger partial charge on any atom is 0.293 e. The van der Waals surface area contributed by atoms with Crippen LogP contribution in [0.4, 0.5) is 5.82 Å². The summed E-state index contributed by atoms with van der Waals surface area (Å²) in [6.45, 7) is 4.32. The number of hydrogen-bond acceptors (Lipinski definition) is 4. The molecule has 0 amide bonds. The summed E-state index contributed by atoms with van der Waals surface area (Å²) in [5.74, 6) is 0.612. The Morgan fingerprint density at radius 3 is 2.85 bits per heavy atom. The Labute approximate surface area is 120 Å². The lowest BCUT2D eigenvalue weighted by Crippen LogP contribution is -2.40. The SMILES string of the molecule is CCCn1ccnc(N(CCCN)C2CCCC2)c1=O. The summed E-state index contributed by atoms with van der Waals surface area (Å²) < 4.78 is 1.77. The smallest absolute Gasteiger partial charge is 0.293 e. The van der Waals surface area contributed by atoms with Gasteiger partial charge in [-0.15, -0.1) is 0 Å². The first kappa shape index (κ1) is 15.0. The van der Waals surface area contributed by atoms with Gasteiger partial charge in [-0.3, -0.25) is 4.79 Å². The molecule has 1 heterocycles. The van der Waals surface area contributed by atoms with Crippen LogP contribution in [-0.2, 0) is 6.54 Å². The van der Waals surface area contributed by atoms with Crippen molar-refractivity contribution in [3.05, 3.63) is 22.7 Å². The fraction of sp³-hybridized carbons (Fsp3) is 0.733. The zero-order valence-electron chi connectivity index (χ0n) is 12.4. The lowest BCUT2D eigenvalue weighted by molar-refractivity contribution is 0.572. The van der Waals surface area contributed by atoms with Gasteiger partial charge in [0, 0.05) is 31.5 Å². The van der Waals surface area contributed by atoms with Crippen molar-refractivity contribution < 1.29 is 0 Å². The highest BCUT2D eigenvalue weighted by Gasteiger charge is 2.25. The summed E-state index contributed by atoms with van der Waals surface area (Å²) in [5.41, 5.74) is 5.68. The van der Waals surface area contributed by atoms with Gasteiger partial charge in [-0.05, 0) is 32.2 Å². The van der Waals surface area contributed by atoms with E-state index in [1.807, 2.05) is 0 Å². The monoisotopic (exact) mass is 278 g/mol. The molecule has 0 unspecified atom stereocenters. The second kappa shape index (κ2) is 7.43. The minimum Gasteiger partial charge on any atom is -0.349 e. The predicted octanol–water partition coefficient (Wildman–Crippen LogP) is 1.75. The summed E-state index contributed by atoms with van der Waals surface area (Å²) in [4.78, 5) is 19.1. The zero-order chi connectivity index (χ0) is 14.4. The summed E-state index contributed by atoms with van der Waals surface area (Å²) in [5, 5.41) is 0. The third kappa shape index (κ3) is 3.39. The fourth-order valence-electron chi connectivity index (χ4n) is 2.99. The van der Waals surface area contributed by atoms with Gasteiger partial charge in [0.15, 0.2) is 5.82 Å². The molecular weight excluding hydrogens is 252 g/mol. The van der Waals surface area contributed by atoms with Crippen molar-refractivity contribution in [3.8, 4) is 0 Å². The van der Waals surface area contributed by atoms with Gasteiger partial charge in [0.05, 0.1) is 0 Å². The number of aryl methyl sites for hydroxylation is 1. The first-order valence-corrected chi connectivity index (χ1v) is 7.80. The third-order valence-corrected chi connectivity index (χ3v) is 4.00. The van der Waals surface area contributed by atoms with Crippen LogP contribution in [0.5, 0.6) is 0 Å². The van der Waals surface area contributed by atoms with Crippen molar-refractivity contribution in [3.63, 3.8) is 0 Å². The van der Waals surface area contributed by atoms with Crippen LogP contribution in [0, 0.1) is 0 Å². The molecule has 112 valence electrons. The normalized spacial score (nSPS) is 15.7. The Morgan fingerprint density at radius 1 is 1.45 bits per heavy atom. The van der Waals surface area contributed by atoms with E-state index in [1.165, 1.54) is 12.8 Å². The number of nitrogens with two attached hydrogens (primary N) is 1. The largest absolute Gasteiger partial charge is 0.349 e. The highest BCUT2D eigenvalue weighted by atomic mass is 16.1. The lowest BCUT2D eigenvalue weighted by atomic mass is 10.2. The standard InChI is InChI=1S/C15H26N4O/c1-2-10-18-12-9-17-14(15(18)20)19(11-5-8-16)13-6-3-4-7-13/h9,12-13H,2-8,10-11,16H2,1H3. The number of rotatable bonds is 7. The first-order chi connectivity index (χ1) is 9.77. The molecular formula is C15H26N4O. The van der Waals surface area contributed by atoms with Crippen LogP contribution in [0.3, 0.4) is 0 Å². The van der Waals surface area contributed by atoms with E-state index in [4.69, 9.17) is 5.73 Å². The van der Waals surface area contributed by atoms with Gasteiger partial charge in [0.2, 0.25) is 0 Å². The van der Waals surface area contributed by atoms with Crippen molar-refractivity contribution >= 4 is 5.82 Å². The topological polar surface area (TPSA) is 64.2 Å². The molecule has 0 bridgehead atoms. The van der Waals surface area contributed by atoms with E-state index in [9.17, 15) is 4.79 Å². The molecule has 20 heavy (non-hydrogen) atoms. The molecule has 1 aliphatic carbocycles. The minimum atomic E-state index is 0.0401. The van der Waals surface area contributed by atoms with Crippen molar-refractivity contribution in [2.75, 3.05) is 18.0 Å². The van der Waals surface area contributed by atoms with Gasteiger partial charge in [0.1, 0.15) is 0 Å². The molecule has 5 nitrogen and oxygen atoms in total. The number of hydrogen-bond donors (Lipinski definition) is 1. The molecule has 1 saturated carbocycles. The molecule has 0 aliphatic heterocycles. The first-order valence-electron chi connectivity index (χ1n) is 7.80. The van der Waals surface area contributed by atoms with Gasteiger partial charge >= 0.3 is 0 Å². The van der Waals surface area contributed by atoms with E-state index >= 15 is 0 Å². The maximum absolute atomic E-state index is 12.5. The van der Waals surface area contributed by atoms with Gasteiger partial charge in [-0.25, -0.2) is 4.98 Å². The molecule has 0 atom stereocenters. The second-order valence-electron chi connectivity index (χ2n) is 5.52. The van der Waals surface area contributed by atoms with Crippen LogP contribution >= 0.6 is 0 Å². The van der Waals surface area contributed by atoms with Crippen molar-refractivity contribution in [2.24, 2.45) is 5.73 Å². The van der Waals surface area contributed by atoms with Crippen LogP contribution in [0.25, 0.3) is 0 Å². The van der Waals surface area contributed by atoms with Crippen molar-refractivity contribution in [1.82, 2.24) is 9.55 Å². The molecule has 1 aliphatic rings. The van der Waals surface area contributed by atoms with Gasteiger partial charge in [-0.2, -0.15) is 0 Å². The van der Waals surface area contributed by atoms with Gasteiger partial charge in [-0.1, -0.05) is 19.8 Å². The molecule has 2 rings (SSSR count). The molecule has 2 N–H and O–H groups in total. The van der Waals surface area contributed by atoms with E-state index in [-0.39, 0.29) is 5.56 Å². The quantitative estimate of drug-likeness (QED) is 0.825. The predicted molar refractivity (Wildman–Crippen MR) is 82.1 cm³/mol. The summed E-state index contributed by atoms with van der Waals surface area (Å²) >= 11 is 0. The van der Waals surface area contributed by atoms with Crippen LogP contribution in [0.15, 0.2) is 17.2 Å². The molecule has 1 aromatic rings. The maximum atomic E-state index is 12.5. The van der Waals surface area contributed by atoms with Gasteiger partial charge in [0.25, 0.3) is 5.56 Å². The van der Waals surface area contributed by atoms with Crippen molar-refractivity contribution in [2.45, 2.75) is 58.0 Å². The summed E-state index contributed by atoms with van der Waals surface area (Å²) in [6, 6.07) is 0.458. The van der Waals surface area contributed by atoms with E-state index < -0.39 is 0 Å². The molecule has 0 spiro atoms. The van der Waals surface area contributed by atoms with Gasteiger partial charge < -0.3 is 15.2 Å². The molecule has 1 aromatic heterocycles. The fourth-order valence-corrected chi connectivity index (χ4v) is 2.99. The number of anilines is 1. The minimum absolute atomic E-state index is 0.0401. The molecule has 1 fully saturated rings. The zero-order valence-corrected chi connectivity index (χ0v) is 12.4. The number of aromatic nitrogens is 2. The molecule has 5 heteroatoms. The Balaban J connectivity index is 2.27. The highest BCUT2D eigenvalue weighted by Crippen LogP contribution is 2.25. The number of nitrogens with zero attached hydrogens (tertiary/aromatic N) is 3. The Kier molecular flexibility index (Phi) is 5.59. The van der Waals surface area contributed by atoms with Crippen LogP contribution in [0.2, 0.25) is 0 Å². The van der Waals surface area contributed by atoms with E-state index in [0.717, 1.165) is 38.8 Å². The third-order valence-electron chi connectivity index (χ3n) is 4.00. The molecule has 0 radical (unpaired) electrons. The van der Waals surface area contributed by atoms with Crippen molar-refractivity contribution in [1.29, 1.82) is 0 Å². The Bertz CT molecular complexity index is 465. The second-order valence-corrected chi connectivity index (χ2v) is 5.52. The van der Waals surface area contributed by atoms with E-state index in [2.05, 4.69) is 16.8 Å². The molecule has 0 aromatic carbocycles. The van der Waals surface area contributed by atoms with Crippen LogP contribution < -0.4 is 16.2 Å². The summed E-state index contributed by atoms with van der Waals surface area (Å²) in [7, 11) is 0. The van der Waals surface area contributed by atoms with Crippen LogP contribution in [-0.4, -0.2) is 28.7 Å². The Morgan fingerprint density at radius 2 is 2.20 bits per heavy atom. The lowest BCUT2D eigenvalue weighted by Gasteiger charge is -2.29. The molecule has 0 saturated heterocycles. The van der Waals surface area contributed by atoms with E-state index in [1.54, 1.807) is 17.0 Å².